The van der Waals surface area contributed by atoms with Gasteiger partial charge in [0.25, 0.3) is 0 Å². The van der Waals surface area contributed by atoms with E-state index in [0.29, 0.717) is 0 Å². The molecule has 0 spiro atoms. The molecule has 0 N–H and O–H groups in total. The van der Waals surface area contributed by atoms with Crippen molar-refractivity contribution in [1.82, 2.24) is 0 Å². The minimum atomic E-state index is 0.953. The van der Waals surface area contributed by atoms with Gasteiger partial charge in [-0.2, -0.15) is 0 Å². The maximum absolute atomic E-state index is 2.48. The minimum absolute atomic E-state index is 0.953. The van der Waals surface area contributed by atoms with Gasteiger partial charge in [-0.1, -0.05) is 79.1 Å². The first kappa shape index (κ1) is 15.1. The van der Waals surface area contributed by atoms with Gasteiger partial charge < -0.3 is 0 Å². The summed E-state index contributed by atoms with van der Waals surface area (Å²) in [6.45, 7) is 9.64. The summed E-state index contributed by atoms with van der Waals surface area (Å²) in [6.07, 6.45) is 13.2. The van der Waals surface area contributed by atoms with E-state index in [1.807, 2.05) is 0 Å². The minimum Gasteiger partial charge on any atom is -0.0654 e. The Hall–Kier alpha value is 0. The van der Waals surface area contributed by atoms with E-state index in [0.717, 1.165) is 23.7 Å². The summed E-state index contributed by atoms with van der Waals surface area (Å²) in [4.78, 5) is 0. The van der Waals surface area contributed by atoms with Crippen LogP contribution in [0.25, 0.3) is 0 Å². The first-order valence-electron chi connectivity index (χ1n) is 8.11. The summed E-state index contributed by atoms with van der Waals surface area (Å²) in [5.41, 5.74) is 0. The van der Waals surface area contributed by atoms with E-state index in [1.54, 1.807) is 0 Å². The van der Waals surface area contributed by atoms with E-state index in [-0.39, 0.29) is 0 Å². The van der Waals surface area contributed by atoms with Gasteiger partial charge in [0, 0.05) is 0 Å². The third kappa shape index (κ3) is 6.48. The fourth-order valence-corrected chi connectivity index (χ4v) is 3.46. The maximum atomic E-state index is 2.48. The molecule has 0 heterocycles. The van der Waals surface area contributed by atoms with Crippen molar-refractivity contribution < 1.29 is 0 Å². The Morgan fingerprint density at radius 2 is 1.47 bits per heavy atom. The predicted octanol–water partition coefficient (Wildman–Crippen LogP) is 6.06. The van der Waals surface area contributed by atoms with Gasteiger partial charge in [0.05, 0.1) is 0 Å². The van der Waals surface area contributed by atoms with Gasteiger partial charge >= 0.3 is 0 Å². The smallest absolute Gasteiger partial charge is 0.0412 e. The van der Waals surface area contributed by atoms with Crippen molar-refractivity contribution >= 4 is 0 Å². The van der Waals surface area contributed by atoms with Crippen LogP contribution in [0.15, 0.2) is 0 Å². The molecule has 102 valence electrons. The maximum Gasteiger partial charge on any atom is -0.0412 e. The van der Waals surface area contributed by atoms with E-state index >= 15 is 0 Å². The van der Waals surface area contributed by atoms with Gasteiger partial charge in [0.2, 0.25) is 0 Å². The second kappa shape index (κ2) is 8.16. The zero-order valence-electron chi connectivity index (χ0n) is 12.7. The molecule has 2 unspecified atom stereocenters. The molecule has 17 heavy (non-hydrogen) atoms. The van der Waals surface area contributed by atoms with Crippen molar-refractivity contribution in [3.63, 3.8) is 0 Å². The first-order valence-corrected chi connectivity index (χ1v) is 8.11. The van der Waals surface area contributed by atoms with Crippen molar-refractivity contribution in [3.05, 3.63) is 0 Å². The number of hydrogen-bond acceptors (Lipinski definition) is 0. The molecule has 0 bridgehead atoms. The first-order chi connectivity index (χ1) is 8.11. The van der Waals surface area contributed by atoms with Crippen LogP contribution < -0.4 is 0 Å². The van der Waals surface area contributed by atoms with Crippen molar-refractivity contribution in [2.45, 2.75) is 85.5 Å². The molecule has 0 aromatic rings. The molecule has 1 aliphatic carbocycles. The number of rotatable bonds is 7. The summed E-state index contributed by atoms with van der Waals surface area (Å²) in [7, 11) is 0. The summed E-state index contributed by atoms with van der Waals surface area (Å²) in [5.74, 6) is 3.98. The zero-order valence-corrected chi connectivity index (χ0v) is 12.7. The highest BCUT2D eigenvalue weighted by molar-refractivity contribution is 4.72. The average molecular weight is 238 g/mol. The van der Waals surface area contributed by atoms with Crippen LogP contribution in [0.3, 0.4) is 0 Å². The second-order valence-electron chi connectivity index (χ2n) is 6.94. The van der Waals surface area contributed by atoms with Crippen LogP contribution >= 0.6 is 0 Å². The van der Waals surface area contributed by atoms with Gasteiger partial charge in [-0.05, 0) is 30.1 Å². The Morgan fingerprint density at radius 3 is 2.06 bits per heavy atom. The van der Waals surface area contributed by atoms with Gasteiger partial charge in [0.15, 0.2) is 0 Å². The monoisotopic (exact) mass is 238 g/mol. The molecular weight excluding hydrogens is 204 g/mol. The molecule has 2 atom stereocenters. The van der Waals surface area contributed by atoms with E-state index < -0.39 is 0 Å². The molecule has 0 aromatic heterocycles. The Labute approximate surface area is 110 Å². The van der Waals surface area contributed by atoms with E-state index in [2.05, 4.69) is 27.7 Å². The second-order valence-corrected chi connectivity index (χ2v) is 6.94. The summed E-state index contributed by atoms with van der Waals surface area (Å²) in [5, 5.41) is 0. The lowest BCUT2D eigenvalue weighted by molar-refractivity contribution is 0.241. The van der Waals surface area contributed by atoms with Crippen molar-refractivity contribution in [2.75, 3.05) is 0 Å². The van der Waals surface area contributed by atoms with Gasteiger partial charge in [-0.15, -0.1) is 0 Å². The van der Waals surface area contributed by atoms with Crippen LogP contribution in [-0.2, 0) is 0 Å². The summed E-state index contributed by atoms with van der Waals surface area (Å²) in [6, 6.07) is 0. The largest absolute Gasteiger partial charge is 0.0654 e. The molecule has 0 saturated heterocycles. The normalized spacial score (nSPS) is 28.9. The lowest BCUT2D eigenvalue weighted by Gasteiger charge is -2.28. The molecular formula is C17H34. The van der Waals surface area contributed by atoms with Gasteiger partial charge in [-0.25, -0.2) is 0 Å². The topological polar surface area (TPSA) is 0 Å². The SMILES string of the molecule is CCCC(C)CCC(C)CC1CCC(C)CC1. The van der Waals surface area contributed by atoms with Gasteiger partial charge in [-0.3, -0.25) is 0 Å². The quantitative estimate of drug-likeness (QED) is 0.506. The summed E-state index contributed by atoms with van der Waals surface area (Å²) >= 11 is 0. The van der Waals surface area contributed by atoms with Crippen molar-refractivity contribution in [1.29, 1.82) is 0 Å². The average Bonchev–Trinajstić information content (AvgIpc) is 2.30. The lowest BCUT2D eigenvalue weighted by atomic mass is 9.78. The molecule has 1 fully saturated rings. The highest BCUT2D eigenvalue weighted by atomic mass is 14.3. The van der Waals surface area contributed by atoms with Crippen LogP contribution in [0, 0.1) is 23.7 Å². The van der Waals surface area contributed by atoms with Crippen molar-refractivity contribution in [3.8, 4) is 0 Å². The molecule has 0 amide bonds. The summed E-state index contributed by atoms with van der Waals surface area (Å²) < 4.78 is 0. The molecule has 0 heteroatoms. The highest BCUT2D eigenvalue weighted by Crippen LogP contribution is 2.33. The van der Waals surface area contributed by atoms with Gasteiger partial charge in [0.1, 0.15) is 0 Å². The molecule has 0 aliphatic heterocycles. The van der Waals surface area contributed by atoms with E-state index in [1.165, 1.54) is 57.8 Å². The van der Waals surface area contributed by atoms with Crippen LogP contribution in [0.5, 0.6) is 0 Å². The van der Waals surface area contributed by atoms with Crippen molar-refractivity contribution in [2.24, 2.45) is 23.7 Å². The Kier molecular flexibility index (Phi) is 7.23. The van der Waals surface area contributed by atoms with E-state index in [9.17, 15) is 0 Å². The van der Waals surface area contributed by atoms with Crippen LogP contribution in [-0.4, -0.2) is 0 Å². The zero-order chi connectivity index (χ0) is 12.7. The standard InChI is InChI=1S/C17H34/c1-5-6-14(2)7-8-16(4)13-17-11-9-15(3)10-12-17/h14-17H,5-13H2,1-4H3. The molecule has 0 radical (unpaired) electrons. The number of hydrogen-bond donors (Lipinski definition) is 0. The highest BCUT2D eigenvalue weighted by Gasteiger charge is 2.20. The van der Waals surface area contributed by atoms with Crippen LogP contribution in [0.2, 0.25) is 0 Å². The third-order valence-electron chi connectivity index (χ3n) is 4.80. The predicted molar refractivity (Wildman–Crippen MR) is 78.2 cm³/mol. The Balaban J connectivity index is 2.10. The van der Waals surface area contributed by atoms with E-state index in [4.69, 9.17) is 0 Å². The Morgan fingerprint density at radius 1 is 0.882 bits per heavy atom. The fourth-order valence-electron chi connectivity index (χ4n) is 3.46. The molecule has 1 aliphatic rings. The Bertz CT molecular complexity index is 176. The molecule has 0 nitrogen and oxygen atoms in total. The molecule has 1 rings (SSSR count). The van der Waals surface area contributed by atoms with Crippen LogP contribution in [0.1, 0.15) is 85.5 Å². The fraction of sp³-hybridized carbons (Fsp3) is 1.00. The molecule has 0 aromatic carbocycles. The third-order valence-corrected chi connectivity index (χ3v) is 4.80. The lowest BCUT2D eigenvalue weighted by Crippen LogP contribution is -2.15. The van der Waals surface area contributed by atoms with Crippen LogP contribution in [0.4, 0.5) is 0 Å². The molecule has 1 saturated carbocycles.